The highest BCUT2D eigenvalue weighted by Gasteiger charge is 2.28. The fraction of sp³-hybridized carbons (Fsp3) is 0.800. The molecular weight excluding hydrogens is 816 g/mol. The smallest absolute Gasteiger partial charge is 0.391 e. The van der Waals surface area contributed by atoms with Gasteiger partial charge >= 0.3 is 7.82 Å². The van der Waals surface area contributed by atoms with Crippen LogP contribution in [0.1, 0.15) is 232 Å². The number of phosphoric acid groups is 1. The molecule has 374 valence electrons. The van der Waals surface area contributed by atoms with Crippen LogP contribution in [0.2, 0.25) is 0 Å². The summed E-state index contributed by atoms with van der Waals surface area (Å²) in [6.07, 6.45) is 61.1. The molecule has 0 aliphatic carbocycles. The summed E-state index contributed by atoms with van der Waals surface area (Å²) >= 11 is 0. The molecule has 0 aromatic rings. The number of carbonyl (C=O) groups excluding carboxylic acids is 1. The van der Waals surface area contributed by atoms with Gasteiger partial charge in [0.25, 0.3) is 0 Å². The van der Waals surface area contributed by atoms with Crippen LogP contribution in [0.5, 0.6) is 0 Å². The van der Waals surface area contributed by atoms with Crippen LogP contribution in [0.15, 0.2) is 60.8 Å². The van der Waals surface area contributed by atoms with E-state index in [1.807, 2.05) is 21.1 Å². The molecule has 3 N–H and O–H groups in total. The number of nitrogens with zero attached hydrogens (tertiary/aromatic N) is 1. The molecule has 1 amide bonds. The molecule has 0 aliphatic rings. The van der Waals surface area contributed by atoms with Crippen molar-refractivity contribution in [1.82, 2.24) is 5.32 Å². The number of allylic oxidation sites excluding steroid dienone is 10. The van der Waals surface area contributed by atoms with Crippen molar-refractivity contribution in [3.8, 4) is 0 Å². The Morgan fingerprint density at radius 1 is 0.547 bits per heavy atom. The van der Waals surface area contributed by atoms with Crippen molar-refractivity contribution in [3.05, 3.63) is 60.8 Å². The van der Waals surface area contributed by atoms with E-state index in [2.05, 4.69) is 79.9 Å². The third-order valence-corrected chi connectivity index (χ3v) is 12.8. The first kappa shape index (κ1) is 62.2. The van der Waals surface area contributed by atoms with E-state index in [0.717, 1.165) is 70.6 Å². The van der Waals surface area contributed by atoms with E-state index in [1.54, 1.807) is 0 Å². The van der Waals surface area contributed by atoms with Crippen molar-refractivity contribution in [1.29, 1.82) is 0 Å². The predicted molar refractivity (Wildman–Crippen MR) is 277 cm³/mol. The number of rotatable bonds is 48. The third kappa shape index (κ3) is 48.1. The summed E-state index contributed by atoms with van der Waals surface area (Å²) in [4.78, 5) is 23.3. The Balaban J connectivity index is 4.19. The van der Waals surface area contributed by atoms with Crippen LogP contribution in [-0.2, 0) is 18.4 Å². The standard InChI is InChI=1S/C55H103N2O6P/c1-6-8-10-12-14-16-18-20-22-23-24-25-26-27-28-29-30-31-32-33-35-37-39-41-43-45-47-49-55(59)56-53(52-63-64(60,61)62-51-50-57(3,4)5)54(58)48-46-44-42-40-38-36-34-21-19-17-15-13-11-9-7-2/h8,10,14,16,20,22,24-25,27-28,53-54,58H,6-7,9,11-13,15,17-19,21,23,26,29-52H2,1-5H3,(H-,56,59,60,61)/p+1/b10-8-,16-14-,22-20-,25-24-,28-27-. The van der Waals surface area contributed by atoms with E-state index in [-0.39, 0.29) is 19.1 Å². The summed E-state index contributed by atoms with van der Waals surface area (Å²) in [5, 5.41) is 14.0. The first-order valence-corrected chi connectivity index (χ1v) is 28.1. The minimum atomic E-state index is -4.32. The SMILES string of the molecule is CC/C=C\C/C=C\C/C=C\C/C=C\C/C=C\CCCCCCCCCCCCCC(=O)NC(COP(=O)(O)OCC[N+](C)(C)C)C(O)CCCCCCCCCCCCCCCCC. The molecule has 0 radical (unpaired) electrons. The Hall–Kier alpha value is -1.80. The second-order valence-corrected chi connectivity index (χ2v) is 20.7. The lowest BCUT2D eigenvalue weighted by Gasteiger charge is -2.26. The van der Waals surface area contributed by atoms with Gasteiger partial charge in [0, 0.05) is 6.42 Å². The topological polar surface area (TPSA) is 105 Å². The first-order valence-electron chi connectivity index (χ1n) is 26.7. The molecular formula is C55H104N2O6P+. The minimum absolute atomic E-state index is 0.0724. The molecule has 9 heteroatoms. The normalized spacial score (nSPS) is 14.5. The maximum atomic E-state index is 13.0. The third-order valence-electron chi connectivity index (χ3n) is 11.8. The summed E-state index contributed by atoms with van der Waals surface area (Å²) < 4.78 is 23.7. The lowest BCUT2D eigenvalue weighted by atomic mass is 10.0. The number of amides is 1. The summed E-state index contributed by atoms with van der Waals surface area (Å²) in [5.74, 6) is -0.149. The van der Waals surface area contributed by atoms with Crippen LogP contribution in [0.4, 0.5) is 0 Å². The number of aliphatic hydroxyl groups excluding tert-OH is 1. The molecule has 0 aromatic heterocycles. The number of hydrogen-bond donors (Lipinski definition) is 3. The molecule has 0 bridgehead atoms. The van der Waals surface area contributed by atoms with Gasteiger partial charge < -0.3 is 19.8 Å². The molecule has 0 spiro atoms. The second-order valence-electron chi connectivity index (χ2n) is 19.2. The molecule has 3 unspecified atom stereocenters. The van der Waals surface area contributed by atoms with Gasteiger partial charge in [0.1, 0.15) is 13.2 Å². The number of hydrogen-bond acceptors (Lipinski definition) is 5. The second kappa shape index (κ2) is 46.3. The van der Waals surface area contributed by atoms with E-state index in [1.165, 1.54) is 135 Å². The Morgan fingerprint density at radius 3 is 1.38 bits per heavy atom. The van der Waals surface area contributed by atoms with E-state index in [9.17, 15) is 19.4 Å². The number of likely N-dealkylation sites (N-methyl/N-ethyl adjacent to an activating group) is 1. The average Bonchev–Trinajstić information content (AvgIpc) is 3.25. The highest BCUT2D eigenvalue weighted by molar-refractivity contribution is 7.47. The molecule has 0 saturated carbocycles. The molecule has 0 rings (SSSR count). The summed E-state index contributed by atoms with van der Waals surface area (Å²) in [6.45, 7) is 4.78. The highest BCUT2D eigenvalue weighted by Crippen LogP contribution is 2.43. The molecule has 8 nitrogen and oxygen atoms in total. The number of nitrogens with one attached hydrogen (secondary N) is 1. The van der Waals surface area contributed by atoms with Crippen molar-refractivity contribution in [2.24, 2.45) is 0 Å². The zero-order valence-electron chi connectivity index (χ0n) is 42.5. The maximum Gasteiger partial charge on any atom is 0.472 e. The number of quaternary nitrogens is 1. The van der Waals surface area contributed by atoms with Crippen LogP contribution >= 0.6 is 7.82 Å². The Labute approximate surface area is 396 Å². The summed E-state index contributed by atoms with van der Waals surface area (Å²) in [6, 6.07) is -0.764. The van der Waals surface area contributed by atoms with Gasteiger partial charge in [0.2, 0.25) is 5.91 Å². The fourth-order valence-corrected chi connectivity index (χ4v) is 8.34. The van der Waals surface area contributed by atoms with Crippen LogP contribution in [0.3, 0.4) is 0 Å². The zero-order chi connectivity index (χ0) is 47.1. The Kier molecular flexibility index (Phi) is 45.0. The maximum absolute atomic E-state index is 13.0. The number of aliphatic hydroxyl groups is 1. The summed E-state index contributed by atoms with van der Waals surface area (Å²) in [7, 11) is 1.61. The molecule has 0 fully saturated rings. The van der Waals surface area contributed by atoms with Gasteiger partial charge in [-0.05, 0) is 57.8 Å². The fourth-order valence-electron chi connectivity index (χ4n) is 7.60. The zero-order valence-corrected chi connectivity index (χ0v) is 43.4. The van der Waals surface area contributed by atoms with Crippen LogP contribution < -0.4 is 5.32 Å². The molecule has 0 saturated heterocycles. The minimum Gasteiger partial charge on any atom is -0.391 e. The first-order chi connectivity index (χ1) is 31.0. The Morgan fingerprint density at radius 2 is 0.938 bits per heavy atom. The van der Waals surface area contributed by atoms with E-state index >= 15 is 0 Å². The van der Waals surface area contributed by atoms with Crippen molar-refractivity contribution >= 4 is 13.7 Å². The number of unbranched alkanes of at least 4 members (excludes halogenated alkanes) is 25. The summed E-state index contributed by atoms with van der Waals surface area (Å²) in [5.41, 5.74) is 0. The van der Waals surface area contributed by atoms with Gasteiger partial charge in [0.15, 0.2) is 0 Å². The average molecular weight is 920 g/mol. The van der Waals surface area contributed by atoms with Crippen molar-refractivity contribution < 1.29 is 32.9 Å². The molecule has 0 aromatic carbocycles. The lowest BCUT2D eigenvalue weighted by Crippen LogP contribution is -2.46. The van der Waals surface area contributed by atoms with E-state index in [4.69, 9.17) is 9.05 Å². The largest absolute Gasteiger partial charge is 0.472 e. The van der Waals surface area contributed by atoms with Gasteiger partial charge in [-0.15, -0.1) is 0 Å². The van der Waals surface area contributed by atoms with Crippen LogP contribution in [0, 0.1) is 0 Å². The molecule has 3 atom stereocenters. The van der Waals surface area contributed by atoms with Gasteiger partial charge in [0.05, 0.1) is 39.9 Å². The lowest BCUT2D eigenvalue weighted by molar-refractivity contribution is -0.870. The van der Waals surface area contributed by atoms with Crippen LogP contribution in [0.25, 0.3) is 0 Å². The van der Waals surface area contributed by atoms with Crippen molar-refractivity contribution in [3.63, 3.8) is 0 Å². The highest BCUT2D eigenvalue weighted by atomic mass is 31.2. The van der Waals surface area contributed by atoms with Gasteiger partial charge in [-0.25, -0.2) is 4.57 Å². The van der Waals surface area contributed by atoms with E-state index < -0.39 is 20.0 Å². The van der Waals surface area contributed by atoms with E-state index in [0.29, 0.717) is 23.9 Å². The number of carbonyl (C=O) groups is 1. The van der Waals surface area contributed by atoms with Crippen LogP contribution in [-0.4, -0.2) is 73.4 Å². The predicted octanol–water partition coefficient (Wildman–Crippen LogP) is 15.8. The molecule has 64 heavy (non-hydrogen) atoms. The number of phosphoric ester groups is 1. The Bertz CT molecular complexity index is 1230. The monoisotopic (exact) mass is 920 g/mol. The van der Waals surface area contributed by atoms with Crippen molar-refractivity contribution in [2.75, 3.05) is 40.9 Å². The molecule has 0 aliphatic heterocycles. The van der Waals surface area contributed by atoms with Gasteiger partial charge in [-0.1, -0.05) is 229 Å². The van der Waals surface area contributed by atoms with Gasteiger partial charge in [-0.2, -0.15) is 0 Å². The van der Waals surface area contributed by atoms with Crippen molar-refractivity contribution in [2.45, 2.75) is 244 Å². The van der Waals surface area contributed by atoms with Gasteiger partial charge in [-0.3, -0.25) is 13.8 Å². The molecule has 0 heterocycles. The quantitative estimate of drug-likeness (QED) is 0.0243.